The molecule has 0 amide bonds. The van der Waals surface area contributed by atoms with Crippen LogP contribution in [0.25, 0.3) is 0 Å². The molecule has 0 fully saturated rings. The molecule has 0 bridgehead atoms. The van der Waals surface area contributed by atoms with Crippen LogP contribution in [0.3, 0.4) is 0 Å². The lowest BCUT2D eigenvalue weighted by Gasteiger charge is -2.22. The minimum absolute atomic E-state index is 0.204. The summed E-state index contributed by atoms with van der Waals surface area (Å²) in [5, 5.41) is 5.30. The Kier molecular flexibility index (Phi) is 8.11. The van der Waals surface area contributed by atoms with Gasteiger partial charge in [0.1, 0.15) is 5.75 Å². The van der Waals surface area contributed by atoms with Crippen LogP contribution in [0.15, 0.2) is 29.4 Å². The van der Waals surface area contributed by atoms with E-state index >= 15 is 0 Å². The lowest BCUT2D eigenvalue weighted by molar-refractivity contribution is -0.149. The molecular formula is C17H22N2O6. The van der Waals surface area contributed by atoms with E-state index in [9.17, 15) is 14.4 Å². The van der Waals surface area contributed by atoms with Crippen LogP contribution in [0.2, 0.25) is 0 Å². The molecule has 0 radical (unpaired) electrons. The van der Waals surface area contributed by atoms with Crippen molar-refractivity contribution in [2.75, 3.05) is 20.8 Å². The normalized spacial score (nSPS) is 11.7. The zero-order valence-corrected chi connectivity index (χ0v) is 14.7. The van der Waals surface area contributed by atoms with E-state index in [4.69, 9.17) is 9.47 Å². The topological polar surface area (TPSA) is 94.5 Å². The van der Waals surface area contributed by atoms with E-state index < -0.39 is 23.9 Å². The Labute approximate surface area is 146 Å². The first-order valence-corrected chi connectivity index (χ1v) is 7.70. The summed E-state index contributed by atoms with van der Waals surface area (Å²) in [6.07, 6.45) is 1.29. The third-order valence-electron chi connectivity index (χ3n) is 3.19. The number of hydrogen-bond donors (Lipinski definition) is 0. The number of carbonyl (C=O) groups excluding carboxylic acids is 3. The van der Waals surface area contributed by atoms with Crippen LogP contribution in [-0.4, -0.2) is 55.9 Å². The van der Waals surface area contributed by atoms with Gasteiger partial charge in [0.15, 0.2) is 6.04 Å². The molecule has 0 N–H and O–H groups in total. The van der Waals surface area contributed by atoms with Crippen LogP contribution in [0.5, 0.6) is 5.75 Å². The van der Waals surface area contributed by atoms with Gasteiger partial charge in [0, 0.05) is 13.3 Å². The van der Waals surface area contributed by atoms with Gasteiger partial charge in [0.25, 0.3) is 0 Å². The quantitative estimate of drug-likeness (QED) is 0.304. The van der Waals surface area contributed by atoms with Gasteiger partial charge in [-0.3, -0.25) is 9.80 Å². The third kappa shape index (κ3) is 6.25. The maximum absolute atomic E-state index is 12.4. The lowest BCUT2D eigenvalue weighted by Crippen LogP contribution is -2.40. The zero-order chi connectivity index (χ0) is 18.8. The van der Waals surface area contributed by atoms with Gasteiger partial charge in [-0.15, -0.1) is 0 Å². The summed E-state index contributed by atoms with van der Waals surface area (Å²) in [7, 11) is 2.79. The molecule has 1 aromatic carbocycles. The van der Waals surface area contributed by atoms with Gasteiger partial charge in [0.2, 0.25) is 0 Å². The first kappa shape index (κ1) is 20.1. The first-order valence-electron chi connectivity index (χ1n) is 7.70. The van der Waals surface area contributed by atoms with Crippen molar-refractivity contribution in [1.29, 1.82) is 0 Å². The highest BCUT2D eigenvalue weighted by Crippen LogP contribution is 2.16. The molecule has 1 atom stereocenters. The van der Waals surface area contributed by atoms with E-state index in [0.717, 1.165) is 0 Å². The SMILES string of the molecule is CC=NN(C)C(CC(=O)OC)C(=O)Oc1ccc(C(=O)OCC)cc1. The van der Waals surface area contributed by atoms with Crippen molar-refractivity contribution < 1.29 is 28.6 Å². The number of likely N-dealkylation sites (N-methyl/N-ethyl adjacent to an activating group) is 1. The zero-order valence-electron chi connectivity index (χ0n) is 14.7. The molecule has 25 heavy (non-hydrogen) atoms. The molecule has 0 aliphatic heterocycles. The van der Waals surface area contributed by atoms with Crippen molar-refractivity contribution in [2.45, 2.75) is 26.3 Å². The maximum atomic E-state index is 12.4. The Morgan fingerprint density at radius 3 is 2.40 bits per heavy atom. The van der Waals surface area contributed by atoms with Crippen molar-refractivity contribution in [3.8, 4) is 5.75 Å². The Morgan fingerprint density at radius 1 is 1.24 bits per heavy atom. The predicted molar refractivity (Wildman–Crippen MR) is 90.4 cm³/mol. The largest absolute Gasteiger partial charge is 0.469 e. The smallest absolute Gasteiger partial charge is 0.338 e. The van der Waals surface area contributed by atoms with Crippen LogP contribution in [0.4, 0.5) is 0 Å². The minimum Gasteiger partial charge on any atom is -0.469 e. The van der Waals surface area contributed by atoms with Gasteiger partial charge >= 0.3 is 17.9 Å². The van der Waals surface area contributed by atoms with Gasteiger partial charge in [-0.2, -0.15) is 5.10 Å². The molecule has 0 heterocycles. The first-order chi connectivity index (χ1) is 11.9. The molecule has 1 aromatic rings. The average Bonchev–Trinajstić information content (AvgIpc) is 2.60. The second-order valence-electron chi connectivity index (χ2n) is 4.91. The van der Waals surface area contributed by atoms with Gasteiger partial charge in [-0.1, -0.05) is 0 Å². The van der Waals surface area contributed by atoms with E-state index in [-0.39, 0.29) is 18.8 Å². The van der Waals surface area contributed by atoms with Crippen molar-refractivity contribution in [1.82, 2.24) is 5.01 Å². The van der Waals surface area contributed by atoms with Crippen LogP contribution >= 0.6 is 0 Å². The number of benzene rings is 1. The van der Waals surface area contributed by atoms with Crippen molar-refractivity contribution in [2.24, 2.45) is 5.10 Å². The van der Waals surface area contributed by atoms with E-state index in [1.54, 1.807) is 20.9 Å². The van der Waals surface area contributed by atoms with Gasteiger partial charge in [0.05, 0.1) is 25.7 Å². The molecule has 8 heteroatoms. The van der Waals surface area contributed by atoms with E-state index in [0.29, 0.717) is 5.56 Å². The molecule has 0 aliphatic rings. The number of ether oxygens (including phenoxy) is 3. The molecule has 8 nitrogen and oxygen atoms in total. The van der Waals surface area contributed by atoms with Crippen molar-refractivity contribution in [3.05, 3.63) is 29.8 Å². The fourth-order valence-electron chi connectivity index (χ4n) is 1.93. The van der Waals surface area contributed by atoms with E-state index in [1.807, 2.05) is 0 Å². The summed E-state index contributed by atoms with van der Waals surface area (Å²) in [6, 6.07) is 4.99. The number of hydrogen-bond acceptors (Lipinski definition) is 8. The summed E-state index contributed by atoms with van der Waals surface area (Å²) >= 11 is 0. The molecule has 0 aliphatic carbocycles. The number of nitrogens with zero attached hydrogens (tertiary/aromatic N) is 2. The molecular weight excluding hydrogens is 328 g/mol. The molecule has 1 unspecified atom stereocenters. The average molecular weight is 350 g/mol. The van der Waals surface area contributed by atoms with Crippen LogP contribution < -0.4 is 4.74 Å². The summed E-state index contributed by atoms with van der Waals surface area (Å²) < 4.78 is 14.7. The maximum Gasteiger partial charge on any atom is 0.338 e. The molecule has 0 spiro atoms. The van der Waals surface area contributed by atoms with Gasteiger partial charge < -0.3 is 14.2 Å². The lowest BCUT2D eigenvalue weighted by atomic mass is 10.2. The third-order valence-corrected chi connectivity index (χ3v) is 3.19. The molecule has 136 valence electrons. The van der Waals surface area contributed by atoms with Crippen molar-refractivity contribution >= 4 is 24.1 Å². The van der Waals surface area contributed by atoms with E-state index in [1.165, 1.54) is 42.6 Å². The van der Waals surface area contributed by atoms with Crippen LogP contribution in [0, 0.1) is 0 Å². The Balaban J connectivity index is 2.84. The van der Waals surface area contributed by atoms with E-state index in [2.05, 4.69) is 9.84 Å². The minimum atomic E-state index is -0.937. The summed E-state index contributed by atoms with van der Waals surface area (Å²) in [5.74, 6) is -1.44. The van der Waals surface area contributed by atoms with Crippen LogP contribution in [-0.2, 0) is 19.1 Å². The number of methoxy groups -OCH3 is 1. The van der Waals surface area contributed by atoms with Gasteiger partial charge in [-0.05, 0) is 38.1 Å². The highest BCUT2D eigenvalue weighted by molar-refractivity contribution is 5.89. The van der Waals surface area contributed by atoms with Crippen molar-refractivity contribution in [3.63, 3.8) is 0 Å². The van der Waals surface area contributed by atoms with Gasteiger partial charge in [-0.25, -0.2) is 9.59 Å². The summed E-state index contributed by atoms with van der Waals surface area (Å²) in [4.78, 5) is 35.5. The highest BCUT2D eigenvalue weighted by atomic mass is 16.5. The number of hydrazone groups is 1. The molecule has 0 saturated heterocycles. The Bertz CT molecular complexity index is 627. The highest BCUT2D eigenvalue weighted by Gasteiger charge is 2.28. The predicted octanol–water partition coefficient (Wildman–Crippen LogP) is 1.64. The second kappa shape index (κ2) is 10.1. The summed E-state index contributed by atoms with van der Waals surface area (Å²) in [6.45, 7) is 3.67. The fourth-order valence-corrected chi connectivity index (χ4v) is 1.93. The van der Waals surface area contributed by atoms with Crippen LogP contribution in [0.1, 0.15) is 30.6 Å². The molecule has 0 aromatic heterocycles. The number of esters is 3. The Morgan fingerprint density at radius 2 is 1.88 bits per heavy atom. The number of rotatable bonds is 8. The summed E-state index contributed by atoms with van der Waals surface area (Å²) in [5.41, 5.74) is 0.348. The standard InChI is InChI=1S/C17H22N2O6/c1-5-18-19(3)14(11-15(20)23-4)17(22)25-13-9-7-12(8-10-13)16(21)24-6-2/h5,7-10,14H,6,11H2,1-4H3. The molecule has 1 rings (SSSR count). The Hall–Kier alpha value is -2.90. The number of carbonyl (C=O) groups is 3. The fraction of sp³-hybridized carbons (Fsp3) is 0.412. The monoisotopic (exact) mass is 350 g/mol. The molecule has 0 saturated carbocycles. The second-order valence-corrected chi connectivity index (χ2v) is 4.91.